The monoisotopic (exact) mass is 292 g/mol. The van der Waals surface area contributed by atoms with Crippen molar-refractivity contribution in [2.75, 3.05) is 13.2 Å². The van der Waals surface area contributed by atoms with Crippen LogP contribution in [0.25, 0.3) is 0 Å². The zero-order valence-corrected chi connectivity index (χ0v) is 10.4. The van der Waals surface area contributed by atoms with Crippen molar-refractivity contribution >= 4 is 11.9 Å². The molecule has 0 aliphatic heterocycles. The Balaban J connectivity index is 2.55. The summed E-state index contributed by atoms with van der Waals surface area (Å²) in [5, 5.41) is 0. The second-order valence-electron chi connectivity index (χ2n) is 3.45. The molecule has 0 spiro atoms. The van der Waals surface area contributed by atoms with Crippen LogP contribution in [0.4, 0.5) is 13.2 Å². The summed E-state index contributed by atoms with van der Waals surface area (Å²) >= 11 is 0. The summed E-state index contributed by atoms with van der Waals surface area (Å²) < 4.78 is 48.5. The maximum Gasteiger partial charge on any atom is 0.573 e. The summed E-state index contributed by atoms with van der Waals surface area (Å²) in [6.45, 7) is 1.19. The van der Waals surface area contributed by atoms with Crippen LogP contribution < -0.4 is 4.74 Å². The number of alkyl halides is 3. The molecule has 0 atom stereocenters. The molecule has 0 N–H and O–H groups in total. The van der Waals surface area contributed by atoms with Crippen molar-refractivity contribution in [3.63, 3.8) is 0 Å². The van der Waals surface area contributed by atoms with Gasteiger partial charge in [0, 0.05) is 0 Å². The summed E-state index contributed by atoms with van der Waals surface area (Å²) in [6, 6.07) is 4.12. The maximum atomic E-state index is 11.9. The van der Waals surface area contributed by atoms with Gasteiger partial charge in [0.2, 0.25) is 0 Å². The van der Waals surface area contributed by atoms with Crippen molar-refractivity contribution < 1.29 is 37.0 Å². The Bertz CT molecular complexity index is 467. The predicted octanol–water partition coefficient (Wildman–Crippen LogP) is 2.31. The van der Waals surface area contributed by atoms with Crippen LogP contribution in [0.2, 0.25) is 0 Å². The van der Waals surface area contributed by atoms with Gasteiger partial charge in [0.05, 0.1) is 12.2 Å². The number of halogens is 3. The van der Waals surface area contributed by atoms with E-state index in [9.17, 15) is 22.8 Å². The lowest BCUT2D eigenvalue weighted by Gasteiger charge is -2.09. The lowest BCUT2D eigenvalue weighted by atomic mass is 10.2. The summed E-state index contributed by atoms with van der Waals surface area (Å²) in [7, 11) is 0. The third-order valence-electron chi connectivity index (χ3n) is 1.95. The summed E-state index contributed by atoms with van der Waals surface area (Å²) in [5.74, 6) is -2.02. The van der Waals surface area contributed by atoms with Crippen molar-refractivity contribution in [3.05, 3.63) is 29.8 Å². The number of esters is 2. The van der Waals surface area contributed by atoms with E-state index in [1.54, 1.807) is 6.92 Å². The minimum absolute atomic E-state index is 0.0103. The second kappa shape index (κ2) is 6.78. The molecule has 8 heteroatoms. The van der Waals surface area contributed by atoms with Gasteiger partial charge in [0.1, 0.15) is 5.75 Å². The van der Waals surface area contributed by atoms with Gasteiger partial charge in [-0.05, 0) is 31.2 Å². The highest BCUT2D eigenvalue weighted by Gasteiger charge is 2.31. The molecule has 1 rings (SSSR count). The Hall–Kier alpha value is -2.25. The fourth-order valence-electron chi connectivity index (χ4n) is 1.20. The molecule has 110 valence electrons. The van der Waals surface area contributed by atoms with E-state index >= 15 is 0 Å². The molecule has 0 aliphatic rings. The van der Waals surface area contributed by atoms with E-state index in [1.807, 2.05) is 0 Å². The van der Waals surface area contributed by atoms with Gasteiger partial charge in [-0.25, -0.2) is 9.59 Å². The third-order valence-corrected chi connectivity index (χ3v) is 1.95. The minimum atomic E-state index is -4.80. The Labute approximate surface area is 112 Å². The molecular weight excluding hydrogens is 281 g/mol. The number of hydrogen-bond donors (Lipinski definition) is 0. The zero-order chi connectivity index (χ0) is 15.2. The van der Waals surface area contributed by atoms with Crippen molar-refractivity contribution in [2.45, 2.75) is 13.3 Å². The van der Waals surface area contributed by atoms with E-state index in [0.29, 0.717) is 0 Å². The van der Waals surface area contributed by atoms with Gasteiger partial charge in [0.25, 0.3) is 0 Å². The average Bonchev–Trinajstić information content (AvgIpc) is 2.35. The number of ether oxygens (including phenoxy) is 3. The molecule has 0 amide bonds. The highest BCUT2D eigenvalue weighted by molar-refractivity contribution is 5.90. The number of benzene rings is 1. The van der Waals surface area contributed by atoms with Gasteiger partial charge in [-0.3, -0.25) is 0 Å². The zero-order valence-electron chi connectivity index (χ0n) is 10.4. The Kier molecular flexibility index (Phi) is 5.36. The lowest BCUT2D eigenvalue weighted by Crippen LogP contribution is -2.18. The van der Waals surface area contributed by atoms with Crippen LogP contribution in [0.1, 0.15) is 17.3 Å². The van der Waals surface area contributed by atoms with Crippen LogP contribution in [0, 0.1) is 0 Å². The molecule has 1 aromatic carbocycles. The van der Waals surface area contributed by atoms with Crippen molar-refractivity contribution in [1.29, 1.82) is 0 Å². The first-order valence-corrected chi connectivity index (χ1v) is 5.50. The standard InChI is InChI=1S/C12H11F3O5/c1-2-18-10(16)7-19-11(17)8-3-5-9(6-4-8)20-12(13,14)15/h3-6H,2,7H2,1H3. The highest BCUT2D eigenvalue weighted by Crippen LogP contribution is 2.22. The number of hydrogen-bond acceptors (Lipinski definition) is 5. The van der Waals surface area contributed by atoms with Crippen LogP contribution in [-0.4, -0.2) is 31.5 Å². The normalized spacial score (nSPS) is 10.8. The van der Waals surface area contributed by atoms with Crippen LogP contribution in [0.15, 0.2) is 24.3 Å². The molecular formula is C12H11F3O5. The van der Waals surface area contributed by atoms with E-state index in [-0.39, 0.29) is 12.2 Å². The Morgan fingerprint density at radius 1 is 1.10 bits per heavy atom. The molecule has 0 aromatic heterocycles. The lowest BCUT2D eigenvalue weighted by molar-refractivity contribution is -0.274. The molecule has 20 heavy (non-hydrogen) atoms. The number of rotatable bonds is 5. The Morgan fingerprint density at radius 2 is 1.70 bits per heavy atom. The predicted molar refractivity (Wildman–Crippen MR) is 60.0 cm³/mol. The molecule has 0 radical (unpaired) electrons. The first kappa shape index (κ1) is 15.8. The molecule has 1 aromatic rings. The average molecular weight is 292 g/mol. The first-order valence-electron chi connectivity index (χ1n) is 5.50. The van der Waals surface area contributed by atoms with Crippen LogP contribution >= 0.6 is 0 Å². The van der Waals surface area contributed by atoms with Gasteiger partial charge in [0.15, 0.2) is 6.61 Å². The fraction of sp³-hybridized carbons (Fsp3) is 0.333. The van der Waals surface area contributed by atoms with E-state index in [0.717, 1.165) is 24.3 Å². The third kappa shape index (κ3) is 5.59. The first-order chi connectivity index (χ1) is 9.31. The van der Waals surface area contributed by atoms with Gasteiger partial charge in [-0.1, -0.05) is 0 Å². The van der Waals surface area contributed by atoms with Crippen LogP contribution in [0.5, 0.6) is 5.75 Å². The molecule has 0 saturated carbocycles. The summed E-state index contributed by atoms with van der Waals surface area (Å²) in [5.41, 5.74) is -0.0103. The van der Waals surface area contributed by atoms with Gasteiger partial charge in [-0.15, -0.1) is 13.2 Å². The highest BCUT2D eigenvalue weighted by atomic mass is 19.4. The van der Waals surface area contributed by atoms with Crippen molar-refractivity contribution in [1.82, 2.24) is 0 Å². The molecule has 0 bridgehead atoms. The molecule has 0 saturated heterocycles. The summed E-state index contributed by atoms with van der Waals surface area (Å²) in [4.78, 5) is 22.4. The second-order valence-corrected chi connectivity index (χ2v) is 3.45. The number of carbonyl (C=O) groups is 2. The van der Waals surface area contributed by atoms with E-state index < -0.39 is 30.7 Å². The van der Waals surface area contributed by atoms with E-state index in [1.165, 1.54) is 0 Å². The molecule has 0 fully saturated rings. The molecule has 0 aliphatic carbocycles. The van der Waals surface area contributed by atoms with Crippen molar-refractivity contribution in [3.8, 4) is 5.75 Å². The Morgan fingerprint density at radius 3 is 2.20 bits per heavy atom. The topological polar surface area (TPSA) is 61.8 Å². The smallest absolute Gasteiger partial charge is 0.463 e. The molecule has 0 heterocycles. The van der Waals surface area contributed by atoms with Crippen molar-refractivity contribution in [2.24, 2.45) is 0 Å². The maximum absolute atomic E-state index is 11.9. The van der Waals surface area contributed by atoms with Gasteiger partial charge < -0.3 is 14.2 Å². The number of carbonyl (C=O) groups excluding carboxylic acids is 2. The SMILES string of the molecule is CCOC(=O)COC(=O)c1ccc(OC(F)(F)F)cc1. The van der Waals surface area contributed by atoms with E-state index in [4.69, 9.17) is 0 Å². The van der Waals surface area contributed by atoms with Gasteiger partial charge in [-0.2, -0.15) is 0 Å². The quantitative estimate of drug-likeness (QED) is 0.779. The summed E-state index contributed by atoms with van der Waals surface area (Å²) in [6.07, 6.45) is -4.80. The molecule has 0 unspecified atom stereocenters. The van der Waals surface area contributed by atoms with Gasteiger partial charge >= 0.3 is 18.3 Å². The van der Waals surface area contributed by atoms with E-state index in [2.05, 4.69) is 14.2 Å². The molecule has 5 nitrogen and oxygen atoms in total. The fourth-order valence-corrected chi connectivity index (χ4v) is 1.20. The van der Waals surface area contributed by atoms with Crippen LogP contribution in [0.3, 0.4) is 0 Å². The largest absolute Gasteiger partial charge is 0.573 e. The van der Waals surface area contributed by atoms with Crippen LogP contribution in [-0.2, 0) is 14.3 Å². The minimum Gasteiger partial charge on any atom is -0.463 e.